The molecule has 0 aliphatic heterocycles. The predicted molar refractivity (Wildman–Crippen MR) is 67.7 cm³/mol. The van der Waals surface area contributed by atoms with Gasteiger partial charge in [0.15, 0.2) is 0 Å². The Morgan fingerprint density at radius 2 is 1.07 bits per heavy atom. The van der Waals surface area contributed by atoms with Crippen molar-refractivity contribution in [3.8, 4) is 0 Å². The van der Waals surface area contributed by atoms with Crippen molar-refractivity contribution in [2.45, 2.75) is 38.0 Å². The molecular formula is C8H22N4S2. The number of nitrogens with two attached hydrogens (primary N) is 4. The molecule has 86 valence electrons. The van der Waals surface area contributed by atoms with Gasteiger partial charge in [-0.25, -0.2) is 0 Å². The molecule has 0 aromatic heterocycles. The zero-order valence-electron chi connectivity index (χ0n) is 8.52. The summed E-state index contributed by atoms with van der Waals surface area (Å²) in [6, 6.07) is 0. The SMILES string of the molecule is NC(N)CCCSSCCCC(N)N. The molecule has 8 N–H and O–H groups in total. The molecule has 0 rings (SSSR count). The molecule has 0 radical (unpaired) electrons. The molecule has 14 heavy (non-hydrogen) atoms. The van der Waals surface area contributed by atoms with Crippen LogP contribution in [0.15, 0.2) is 0 Å². The van der Waals surface area contributed by atoms with Gasteiger partial charge < -0.3 is 22.9 Å². The summed E-state index contributed by atoms with van der Waals surface area (Å²) in [5.74, 6) is 2.23. The molecule has 0 amide bonds. The van der Waals surface area contributed by atoms with Crippen molar-refractivity contribution >= 4 is 21.6 Å². The molecule has 0 fully saturated rings. The van der Waals surface area contributed by atoms with E-state index in [9.17, 15) is 0 Å². The van der Waals surface area contributed by atoms with E-state index < -0.39 is 0 Å². The van der Waals surface area contributed by atoms with Crippen LogP contribution in [0.1, 0.15) is 25.7 Å². The fourth-order valence-corrected chi connectivity index (χ4v) is 3.09. The summed E-state index contributed by atoms with van der Waals surface area (Å²) < 4.78 is 0. The molecule has 0 spiro atoms. The summed E-state index contributed by atoms with van der Waals surface area (Å²) in [7, 11) is 3.74. The topological polar surface area (TPSA) is 104 Å². The van der Waals surface area contributed by atoms with Gasteiger partial charge in [0.2, 0.25) is 0 Å². The Labute approximate surface area is 94.3 Å². The molecule has 0 aromatic carbocycles. The first-order valence-electron chi connectivity index (χ1n) is 4.89. The molecule has 0 atom stereocenters. The van der Waals surface area contributed by atoms with Crippen molar-refractivity contribution in [1.82, 2.24) is 0 Å². The lowest BCUT2D eigenvalue weighted by Gasteiger charge is -2.05. The summed E-state index contributed by atoms with van der Waals surface area (Å²) in [5.41, 5.74) is 21.7. The van der Waals surface area contributed by atoms with E-state index in [1.54, 1.807) is 0 Å². The van der Waals surface area contributed by atoms with Gasteiger partial charge in [0, 0.05) is 11.5 Å². The molecule has 0 aliphatic rings. The Morgan fingerprint density at radius 3 is 1.36 bits per heavy atom. The van der Waals surface area contributed by atoms with E-state index in [2.05, 4.69) is 0 Å². The average Bonchev–Trinajstić information content (AvgIpc) is 2.08. The highest BCUT2D eigenvalue weighted by Crippen LogP contribution is 2.23. The lowest BCUT2D eigenvalue weighted by atomic mass is 10.3. The van der Waals surface area contributed by atoms with Crippen LogP contribution in [0, 0.1) is 0 Å². The van der Waals surface area contributed by atoms with E-state index in [1.807, 2.05) is 21.6 Å². The maximum atomic E-state index is 5.42. The molecule has 0 saturated carbocycles. The predicted octanol–water partition coefficient (Wildman–Crippen LogP) is 0.415. The van der Waals surface area contributed by atoms with Crippen molar-refractivity contribution in [2.24, 2.45) is 22.9 Å². The van der Waals surface area contributed by atoms with Gasteiger partial charge in [-0.15, -0.1) is 0 Å². The molecule has 0 bridgehead atoms. The van der Waals surface area contributed by atoms with Crippen LogP contribution < -0.4 is 22.9 Å². The summed E-state index contributed by atoms with van der Waals surface area (Å²) >= 11 is 0. The summed E-state index contributed by atoms with van der Waals surface area (Å²) in [6.07, 6.45) is 3.67. The van der Waals surface area contributed by atoms with Gasteiger partial charge in [-0.05, 0) is 25.7 Å². The van der Waals surface area contributed by atoms with Gasteiger partial charge in [0.05, 0.1) is 12.3 Å². The van der Waals surface area contributed by atoms with E-state index in [-0.39, 0.29) is 12.3 Å². The van der Waals surface area contributed by atoms with Gasteiger partial charge in [-0.3, -0.25) is 0 Å². The molecule has 0 unspecified atom stereocenters. The molecule has 0 heterocycles. The van der Waals surface area contributed by atoms with Crippen LogP contribution in [-0.2, 0) is 0 Å². The van der Waals surface area contributed by atoms with Crippen molar-refractivity contribution in [1.29, 1.82) is 0 Å². The van der Waals surface area contributed by atoms with Crippen LogP contribution in [0.5, 0.6) is 0 Å². The molecule has 6 heteroatoms. The number of rotatable bonds is 9. The van der Waals surface area contributed by atoms with Gasteiger partial charge in [0.25, 0.3) is 0 Å². The molecule has 0 aliphatic carbocycles. The third-order valence-corrected chi connectivity index (χ3v) is 4.19. The first-order valence-corrected chi connectivity index (χ1v) is 7.38. The summed E-state index contributed by atoms with van der Waals surface area (Å²) in [4.78, 5) is 0. The van der Waals surface area contributed by atoms with Crippen molar-refractivity contribution in [3.63, 3.8) is 0 Å². The summed E-state index contributed by atoms with van der Waals surface area (Å²) in [5, 5.41) is 0. The molecule has 0 aromatic rings. The number of hydrogen-bond donors (Lipinski definition) is 4. The maximum absolute atomic E-state index is 5.42. The van der Waals surface area contributed by atoms with E-state index in [1.165, 1.54) is 0 Å². The first-order chi connectivity index (χ1) is 6.63. The van der Waals surface area contributed by atoms with Gasteiger partial charge >= 0.3 is 0 Å². The normalized spacial score (nSPS) is 11.6. The second kappa shape index (κ2) is 10.1. The first kappa shape index (κ1) is 14.5. The Morgan fingerprint density at radius 1 is 0.714 bits per heavy atom. The maximum Gasteiger partial charge on any atom is 0.0521 e. The Balaban J connectivity index is 2.92. The van der Waals surface area contributed by atoms with Gasteiger partial charge in [-0.1, -0.05) is 21.6 Å². The third-order valence-electron chi connectivity index (χ3n) is 1.61. The monoisotopic (exact) mass is 238 g/mol. The van der Waals surface area contributed by atoms with Crippen molar-refractivity contribution < 1.29 is 0 Å². The molecular weight excluding hydrogens is 216 g/mol. The Bertz CT molecular complexity index is 108. The minimum Gasteiger partial charge on any atom is -0.316 e. The average molecular weight is 238 g/mol. The third kappa shape index (κ3) is 12.5. The quantitative estimate of drug-likeness (QED) is 0.264. The standard InChI is InChI=1S/C8H22N4S2/c9-7(10)3-1-5-13-14-6-2-4-8(11)12/h7-8H,1-6,9-12H2. The zero-order chi connectivity index (χ0) is 10.8. The van der Waals surface area contributed by atoms with Crippen LogP contribution in [0.3, 0.4) is 0 Å². The second-order valence-corrected chi connectivity index (χ2v) is 5.96. The highest BCUT2D eigenvalue weighted by atomic mass is 33.1. The van der Waals surface area contributed by atoms with Crippen LogP contribution in [0.4, 0.5) is 0 Å². The van der Waals surface area contributed by atoms with Crippen LogP contribution >= 0.6 is 21.6 Å². The Kier molecular flexibility index (Phi) is 10.5. The van der Waals surface area contributed by atoms with E-state index in [0.29, 0.717) is 0 Å². The van der Waals surface area contributed by atoms with Crippen molar-refractivity contribution in [2.75, 3.05) is 11.5 Å². The highest BCUT2D eigenvalue weighted by molar-refractivity contribution is 8.76. The fraction of sp³-hybridized carbons (Fsp3) is 1.00. The minimum absolute atomic E-state index is 0.157. The smallest absolute Gasteiger partial charge is 0.0521 e. The lowest BCUT2D eigenvalue weighted by Crippen LogP contribution is -2.30. The highest BCUT2D eigenvalue weighted by Gasteiger charge is 1.97. The second-order valence-electron chi connectivity index (χ2n) is 3.26. The van der Waals surface area contributed by atoms with Gasteiger partial charge in [-0.2, -0.15) is 0 Å². The number of hydrogen-bond acceptors (Lipinski definition) is 6. The largest absolute Gasteiger partial charge is 0.316 e. The van der Waals surface area contributed by atoms with Crippen LogP contribution in [0.2, 0.25) is 0 Å². The molecule has 0 saturated heterocycles. The Hall–Kier alpha value is 0.540. The van der Waals surface area contributed by atoms with Gasteiger partial charge in [0.1, 0.15) is 0 Å². The zero-order valence-corrected chi connectivity index (χ0v) is 10.2. The van der Waals surface area contributed by atoms with E-state index in [4.69, 9.17) is 22.9 Å². The van der Waals surface area contributed by atoms with E-state index in [0.717, 1.165) is 37.2 Å². The van der Waals surface area contributed by atoms with Crippen LogP contribution in [0.25, 0.3) is 0 Å². The van der Waals surface area contributed by atoms with Crippen molar-refractivity contribution in [3.05, 3.63) is 0 Å². The fourth-order valence-electron chi connectivity index (χ4n) is 0.874. The van der Waals surface area contributed by atoms with E-state index >= 15 is 0 Å². The lowest BCUT2D eigenvalue weighted by molar-refractivity contribution is 0.630. The molecule has 4 nitrogen and oxygen atoms in total. The minimum atomic E-state index is -0.157. The summed E-state index contributed by atoms with van der Waals surface area (Å²) in [6.45, 7) is 0. The van der Waals surface area contributed by atoms with Crippen LogP contribution in [-0.4, -0.2) is 23.8 Å².